The summed E-state index contributed by atoms with van der Waals surface area (Å²) >= 11 is 3.31. The number of rotatable bonds is 4. The number of carbonyl (C=O) groups excluding carboxylic acids is 2. The molecule has 1 saturated carbocycles. The number of hydrogen-bond donors (Lipinski definition) is 1. The van der Waals surface area contributed by atoms with Crippen molar-refractivity contribution in [3.05, 3.63) is 46.8 Å². The molecule has 0 spiro atoms. The van der Waals surface area contributed by atoms with Crippen LogP contribution in [0.1, 0.15) is 29.6 Å². The van der Waals surface area contributed by atoms with Gasteiger partial charge < -0.3 is 5.32 Å². The Labute approximate surface area is 148 Å². The number of halogens is 1. The van der Waals surface area contributed by atoms with Crippen LogP contribution in [0.2, 0.25) is 0 Å². The number of nitrogens with zero attached hydrogens (tertiary/aromatic N) is 3. The zero-order valence-electron chi connectivity index (χ0n) is 13.2. The zero-order valence-corrected chi connectivity index (χ0v) is 14.8. The number of aromatic nitrogens is 2. The van der Waals surface area contributed by atoms with E-state index in [1.807, 2.05) is 0 Å². The van der Waals surface area contributed by atoms with Crippen LogP contribution in [0.3, 0.4) is 0 Å². The van der Waals surface area contributed by atoms with Crippen LogP contribution in [0.25, 0.3) is 0 Å². The molecule has 1 aliphatic carbocycles. The van der Waals surface area contributed by atoms with Gasteiger partial charge in [0.25, 0.3) is 5.91 Å². The zero-order chi connectivity index (χ0) is 17.1. The monoisotopic (exact) mass is 388 g/mol. The molecule has 0 bridgehead atoms. The van der Waals surface area contributed by atoms with Crippen molar-refractivity contribution >= 4 is 39.2 Å². The van der Waals surface area contributed by atoms with Gasteiger partial charge in [0.15, 0.2) is 0 Å². The highest BCUT2D eigenvalue weighted by Gasteiger charge is 2.29. The highest BCUT2D eigenvalue weighted by molar-refractivity contribution is 9.10. The molecule has 1 aliphatic rings. The van der Waals surface area contributed by atoms with Gasteiger partial charge in [-0.25, -0.2) is 4.98 Å². The standard InChI is InChI=1S/C17H17BrN4O2/c1-22(17(24)11-3-2-4-11)15-7-12(5-6-20-15)16(23)21-14-8-13(18)9-19-10-14/h5-11H,2-4H2,1H3,(H,21,23). The van der Waals surface area contributed by atoms with E-state index in [-0.39, 0.29) is 17.7 Å². The first-order valence-corrected chi connectivity index (χ1v) is 8.49. The molecule has 2 aromatic rings. The van der Waals surface area contributed by atoms with Gasteiger partial charge >= 0.3 is 0 Å². The lowest BCUT2D eigenvalue weighted by Gasteiger charge is -2.28. The molecule has 2 aromatic heterocycles. The number of amides is 2. The van der Waals surface area contributed by atoms with Crippen molar-refractivity contribution < 1.29 is 9.59 Å². The Morgan fingerprint density at radius 1 is 1.29 bits per heavy atom. The lowest BCUT2D eigenvalue weighted by Crippen LogP contribution is -2.36. The van der Waals surface area contributed by atoms with E-state index in [1.165, 1.54) is 11.1 Å². The van der Waals surface area contributed by atoms with Crippen LogP contribution < -0.4 is 10.2 Å². The maximum Gasteiger partial charge on any atom is 0.255 e. The van der Waals surface area contributed by atoms with Crippen molar-refractivity contribution in [2.24, 2.45) is 5.92 Å². The maximum absolute atomic E-state index is 12.4. The van der Waals surface area contributed by atoms with Crippen LogP contribution in [0, 0.1) is 5.92 Å². The molecule has 24 heavy (non-hydrogen) atoms. The molecule has 124 valence electrons. The van der Waals surface area contributed by atoms with Gasteiger partial charge in [-0.15, -0.1) is 0 Å². The van der Waals surface area contributed by atoms with Crippen LogP contribution in [-0.4, -0.2) is 28.8 Å². The maximum atomic E-state index is 12.4. The Balaban J connectivity index is 1.74. The summed E-state index contributed by atoms with van der Waals surface area (Å²) < 4.78 is 0.779. The predicted octanol–water partition coefficient (Wildman–Crippen LogP) is 3.25. The first-order chi connectivity index (χ1) is 11.5. The highest BCUT2D eigenvalue weighted by atomic mass is 79.9. The van der Waals surface area contributed by atoms with Crippen molar-refractivity contribution in [2.75, 3.05) is 17.3 Å². The smallest absolute Gasteiger partial charge is 0.255 e. The normalized spacial score (nSPS) is 13.9. The van der Waals surface area contributed by atoms with Crippen LogP contribution in [0.4, 0.5) is 11.5 Å². The van der Waals surface area contributed by atoms with E-state index < -0.39 is 0 Å². The summed E-state index contributed by atoms with van der Waals surface area (Å²) in [7, 11) is 1.70. The van der Waals surface area contributed by atoms with Gasteiger partial charge in [-0.05, 0) is 47.0 Å². The SMILES string of the molecule is CN(C(=O)C1CCC1)c1cc(C(=O)Nc2cncc(Br)c2)ccn1. The third kappa shape index (κ3) is 3.62. The summed E-state index contributed by atoms with van der Waals surface area (Å²) in [5, 5.41) is 2.78. The first-order valence-electron chi connectivity index (χ1n) is 7.70. The van der Waals surface area contributed by atoms with E-state index in [0.717, 1.165) is 23.7 Å². The molecular formula is C17H17BrN4O2. The summed E-state index contributed by atoms with van der Waals surface area (Å²) in [4.78, 5) is 34.4. The molecule has 0 unspecified atom stereocenters. The minimum atomic E-state index is -0.275. The molecule has 2 amide bonds. The molecule has 2 heterocycles. The van der Waals surface area contributed by atoms with Crippen molar-refractivity contribution in [2.45, 2.75) is 19.3 Å². The summed E-state index contributed by atoms with van der Waals surface area (Å²) in [5.74, 6) is 0.347. The fourth-order valence-corrected chi connectivity index (χ4v) is 2.83. The Morgan fingerprint density at radius 3 is 2.75 bits per heavy atom. The van der Waals surface area contributed by atoms with Crippen molar-refractivity contribution in [1.29, 1.82) is 0 Å². The second kappa shape index (κ2) is 7.09. The van der Waals surface area contributed by atoms with E-state index in [1.54, 1.807) is 37.6 Å². The summed E-state index contributed by atoms with van der Waals surface area (Å²) in [6.07, 6.45) is 7.70. The van der Waals surface area contributed by atoms with Gasteiger partial charge in [0.05, 0.1) is 11.9 Å². The Morgan fingerprint density at radius 2 is 2.08 bits per heavy atom. The molecule has 3 rings (SSSR count). The van der Waals surface area contributed by atoms with Crippen LogP contribution in [0.15, 0.2) is 41.3 Å². The van der Waals surface area contributed by atoms with Crippen LogP contribution in [0.5, 0.6) is 0 Å². The topological polar surface area (TPSA) is 75.2 Å². The molecule has 0 atom stereocenters. The molecule has 0 saturated heterocycles. The van der Waals surface area contributed by atoms with Gasteiger partial charge in [0.2, 0.25) is 5.91 Å². The van der Waals surface area contributed by atoms with Gasteiger partial charge in [0, 0.05) is 35.4 Å². The minimum Gasteiger partial charge on any atom is -0.321 e. The van der Waals surface area contributed by atoms with E-state index in [9.17, 15) is 9.59 Å². The average molecular weight is 389 g/mol. The first kappa shape index (κ1) is 16.6. The molecular weight excluding hydrogens is 372 g/mol. The third-order valence-corrected chi connectivity index (χ3v) is 4.53. The Hall–Kier alpha value is -2.28. The highest BCUT2D eigenvalue weighted by Crippen LogP contribution is 2.29. The van der Waals surface area contributed by atoms with Crippen molar-refractivity contribution in [1.82, 2.24) is 9.97 Å². The second-order valence-electron chi connectivity index (χ2n) is 5.77. The fraction of sp³-hybridized carbons (Fsp3) is 0.294. The summed E-state index contributed by atoms with van der Waals surface area (Å²) in [6.45, 7) is 0. The summed E-state index contributed by atoms with van der Waals surface area (Å²) in [5.41, 5.74) is 1.03. The van der Waals surface area contributed by atoms with Crippen molar-refractivity contribution in [3.8, 4) is 0 Å². The lowest BCUT2D eigenvalue weighted by atomic mass is 9.84. The quantitative estimate of drug-likeness (QED) is 0.871. The average Bonchev–Trinajstić information content (AvgIpc) is 2.52. The number of nitrogens with one attached hydrogen (secondary N) is 1. The molecule has 0 aromatic carbocycles. The van der Waals surface area contributed by atoms with Crippen molar-refractivity contribution in [3.63, 3.8) is 0 Å². The minimum absolute atomic E-state index is 0.0579. The lowest BCUT2D eigenvalue weighted by molar-refractivity contribution is -0.124. The molecule has 1 N–H and O–H groups in total. The second-order valence-corrected chi connectivity index (χ2v) is 6.69. The van der Waals surface area contributed by atoms with E-state index in [4.69, 9.17) is 0 Å². The molecule has 1 fully saturated rings. The number of pyridine rings is 2. The number of anilines is 2. The van der Waals surface area contributed by atoms with Crippen LogP contribution in [-0.2, 0) is 4.79 Å². The van der Waals surface area contributed by atoms with Gasteiger partial charge in [-0.1, -0.05) is 6.42 Å². The largest absolute Gasteiger partial charge is 0.321 e. The van der Waals surface area contributed by atoms with E-state index >= 15 is 0 Å². The fourth-order valence-electron chi connectivity index (χ4n) is 2.47. The Bertz CT molecular complexity index is 777. The van der Waals surface area contributed by atoms with E-state index in [2.05, 4.69) is 31.2 Å². The van der Waals surface area contributed by atoms with E-state index in [0.29, 0.717) is 17.1 Å². The molecule has 0 aliphatic heterocycles. The van der Waals surface area contributed by atoms with Gasteiger partial charge in [0.1, 0.15) is 5.82 Å². The predicted molar refractivity (Wildman–Crippen MR) is 94.9 cm³/mol. The summed E-state index contributed by atoms with van der Waals surface area (Å²) in [6, 6.07) is 5.00. The molecule has 7 heteroatoms. The number of carbonyl (C=O) groups is 2. The number of hydrogen-bond acceptors (Lipinski definition) is 4. The van der Waals surface area contributed by atoms with Crippen LogP contribution >= 0.6 is 15.9 Å². The molecule has 0 radical (unpaired) electrons. The van der Waals surface area contributed by atoms with Gasteiger partial charge in [-0.2, -0.15) is 0 Å². The third-order valence-electron chi connectivity index (χ3n) is 4.10. The molecule has 6 nitrogen and oxygen atoms in total. The Kier molecular flexibility index (Phi) is 4.89. The van der Waals surface area contributed by atoms with Gasteiger partial charge in [-0.3, -0.25) is 19.5 Å².